The van der Waals surface area contributed by atoms with Crippen molar-refractivity contribution in [3.8, 4) is 16.9 Å². The second-order valence-corrected chi connectivity index (χ2v) is 7.86. The number of hydrogen-bond acceptors (Lipinski definition) is 1. The third kappa shape index (κ3) is 6.76. The average molecular weight is 466 g/mol. The lowest BCUT2D eigenvalue weighted by Crippen LogP contribution is -2.45. The van der Waals surface area contributed by atoms with Gasteiger partial charge in [0.05, 0.1) is 0 Å². The predicted molar refractivity (Wildman–Crippen MR) is 116 cm³/mol. The molecule has 3 aromatic carbocycles. The van der Waals surface area contributed by atoms with E-state index in [0.29, 0.717) is 12.8 Å². The summed E-state index contributed by atoms with van der Waals surface area (Å²) in [5.41, 5.74) is 5.42. The van der Waals surface area contributed by atoms with Crippen molar-refractivity contribution in [2.24, 2.45) is 0 Å². The van der Waals surface area contributed by atoms with Gasteiger partial charge in [0.1, 0.15) is 5.75 Å². The van der Waals surface area contributed by atoms with Crippen LogP contribution in [-0.4, -0.2) is 18.5 Å². The lowest BCUT2D eigenvalue weighted by atomic mass is 9.99. The summed E-state index contributed by atoms with van der Waals surface area (Å²) in [7, 11) is 0. The fourth-order valence-corrected chi connectivity index (χ4v) is 3.43. The summed E-state index contributed by atoms with van der Waals surface area (Å²) in [5.74, 6) is -0.537. The van der Waals surface area contributed by atoms with Crippen LogP contribution in [0.5, 0.6) is 5.75 Å². The summed E-state index contributed by atoms with van der Waals surface area (Å²) in [6.07, 6.45) is -11.7. The highest BCUT2D eigenvalue weighted by Crippen LogP contribution is 2.36. The summed E-state index contributed by atoms with van der Waals surface area (Å²) in [6.45, 7) is 2.15. The molecule has 3 aromatic rings. The van der Waals surface area contributed by atoms with Crippen LogP contribution in [0, 0.1) is 0 Å². The number of ether oxygens (including phenoxy) is 1. The molecule has 0 saturated heterocycles. The number of benzene rings is 3. The van der Waals surface area contributed by atoms with Gasteiger partial charge in [0, 0.05) is 0 Å². The fourth-order valence-electron chi connectivity index (χ4n) is 3.43. The summed E-state index contributed by atoms with van der Waals surface area (Å²) in [5, 5.41) is 0. The van der Waals surface area contributed by atoms with E-state index < -0.39 is 24.2 Å². The highest BCUT2D eigenvalue weighted by Gasteiger charge is 2.59. The van der Waals surface area contributed by atoms with E-state index in [-0.39, 0.29) is 0 Å². The molecule has 0 heterocycles. The van der Waals surface area contributed by atoms with Crippen LogP contribution in [0.15, 0.2) is 72.8 Å². The molecule has 0 saturated carbocycles. The van der Waals surface area contributed by atoms with Gasteiger partial charge in [-0.1, -0.05) is 74.0 Å². The van der Waals surface area contributed by atoms with Crippen LogP contribution in [-0.2, 0) is 19.3 Å². The molecule has 0 radical (unpaired) electrons. The van der Waals surface area contributed by atoms with Gasteiger partial charge >= 0.3 is 12.3 Å². The molecule has 1 unspecified atom stereocenters. The Bertz CT molecular complexity index is 1010. The van der Waals surface area contributed by atoms with Crippen LogP contribution in [0.25, 0.3) is 11.1 Å². The van der Waals surface area contributed by atoms with Crippen molar-refractivity contribution in [3.63, 3.8) is 0 Å². The molecular weight excluding hydrogens is 442 g/mol. The van der Waals surface area contributed by atoms with Crippen molar-refractivity contribution >= 4 is 0 Å². The highest BCUT2D eigenvalue weighted by molar-refractivity contribution is 5.64. The zero-order valence-electron chi connectivity index (χ0n) is 18.0. The molecule has 7 heteroatoms. The molecule has 0 amide bonds. The zero-order chi connectivity index (χ0) is 24.1. The molecule has 1 nitrogen and oxygen atoms in total. The van der Waals surface area contributed by atoms with E-state index in [2.05, 4.69) is 35.9 Å². The van der Waals surface area contributed by atoms with Crippen LogP contribution in [0.3, 0.4) is 0 Å². The Hall–Kier alpha value is -2.96. The Kier molecular flexibility index (Phi) is 7.72. The molecular formula is C26H24F6O. The zero-order valence-corrected chi connectivity index (χ0v) is 18.0. The van der Waals surface area contributed by atoms with E-state index in [4.69, 9.17) is 0 Å². The third-order valence-electron chi connectivity index (χ3n) is 5.24. The fraction of sp³-hybridized carbons (Fsp3) is 0.308. The molecule has 0 aromatic heterocycles. The highest BCUT2D eigenvalue weighted by atomic mass is 19.4. The standard InChI is InChI=1S/C26H24F6O/c1-2-3-18-6-12-21(13-7-18)22-14-8-19(9-15-22)4-5-20-10-16-23(17-11-20)33-26(31,32)24(27)25(28,29)30/h6-17,24H,2-5H2,1H3. The smallest absolute Gasteiger partial charge is 0.430 e. The van der Waals surface area contributed by atoms with Crippen molar-refractivity contribution in [3.05, 3.63) is 89.5 Å². The Morgan fingerprint density at radius 3 is 1.42 bits per heavy atom. The SMILES string of the molecule is CCCc1ccc(-c2ccc(CCc3ccc(OC(F)(F)C(F)C(F)(F)F)cc3)cc2)cc1. The van der Waals surface area contributed by atoms with E-state index in [0.717, 1.165) is 47.2 Å². The molecule has 176 valence electrons. The van der Waals surface area contributed by atoms with Gasteiger partial charge in [-0.25, -0.2) is 4.39 Å². The largest absolute Gasteiger partial charge is 0.439 e. The van der Waals surface area contributed by atoms with E-state index in [1.807, 2.05) is 24.3 Å². The molecule has 0 spiro atoms. The van der Waals surface area contributed by atoms with Crippen molar-refractivity contribution in [2.75, 3.05) is 0 Å². The maximum Gasteiger partial charge on any atom is 0.439 e. The minimum atomic E-state index is -5.71. The van der Waals surface area contributed by atoms with Crippen LogP contribution in [0.1, 0.15) is 30.0 Å². The maximum atomic E-state index is 13.4. The van der Waals surface area contributed by atoms with Crippen LogP contribution >= 0.6 is 0 Å². The first-order valence-corrected chi connectivity index (χ1v) is 10.6. The van der Waals surface area contributed by atoms with E-state index in [1.54, 1.807) is 0 Å². The van der Waals surface area contributed by atoms with Gasteiger partial charge in [0.25, 0.3) is 6.17 Å². The molecule has 1 atom stereocenters. The second-order valence-electron chi connectivity index (χ2n) is 7.86. The molecule has 0 aliphatic rings. The van der Waals surface area contributed by atoms with Crippen LogP contribution < -0.4 is 4.74 Å². The molecule has 33 heavy (non-hydrogen) atoms. The lowest BCUT2D eigenvalue weighted by molar-refractivity contribution is -0.304. The topological polar surface area (TPSA) is 9.23 Å². The minimum absolute atomic E-state index is 0.537. The third-order valence-corrected chi connectivity index (χ3v) is 5.24. The molecule has 0 aliphatic heterocycles. The van der Waals surface area contributed by atoms with E-state index in [1.165, 1.54) is 17.7 Å². The monoisotopic (exact) mass is 466 g/mol. The Morgan fingerprint density at radius 2 is 1.03 bits per heavy atom. The summed E-state index contributed by atoms with van der Waals surface area (Å²) in [4.78, 5) is 0. The van der Waals surface area contributed by atoms with Gasteiger partial charge in [0.15, 0.2) is 0 Å². The molecule has 3 rings (SSSR count). The van der Waals surface area contributed by atoms with Gasteiger partial charge in [-0.15, -0.1) is 0 Å². The van der Waals surface area contributed by atoms with Crippen molar-refractivity contribution in [1.82, 2.24) is 0 Å². The van der Waals surface area contributed by atoms with Crippen LogP contribution in [0.4, 0.5) is 26.3 Å². The van der Waals surface area contributed by atoms with Crippen LogP contribution in [0.2, 0.25) is 0 Å². The van der Waals surface area contributed by atoms with Gasteiger partial charge < -0.3 is 4.74 Å². The minimum Gasteiger partial charge on any atom is -0.430 e. The Balaban J connectivity index is 1.56. The number of hydrogen-bond donors (Lipinski definition) is 0. The second kappa shape index (κ2) is 10.3. The quantitative estimate of drug-likeness (QED) is 0.291. The molecule has 0 fully saturated rings. The lowest BCUT2D eigenvalue weighted by Gasteiger charge is -2.23. The summed E-state index contributed by atoms with van der Waals surface area (Å²) in [6, 6.07) is 21.7. The normalized spacial score (nSPS) is 13.1. The number of aryl methyl sites for hydroxylation is 3. The van der Waals surface area contributed by atoms with Gasteiger partial charge in [-0.3, -0.25) is 0 Å². The van der Waals surface area contributed by atoms with Gasteiger partial charge in [-0.2, -0.15) is 22.0 Å². The first-order chi connectivity index (χ1) is 15.6. The van der Waals surface area contributed by atoms with Gasteiger partial charge in [0.2, 0.25) is 0 Å². The molecule has 0 aliphatic carbocycles. The first-order valence-electron chi connectivity index (χ1n) is 10.6. The Morgan fingerprint density at radius 1 is 0.636 bits per heavy atom. The molecule has 0 bridgehead atoms. The summed E-state index contributed by atoms with van der Waals surface area (Å²) >= 11 is 0. The predicted octanol–water partition coefficient (Wildman–Crippen LogP) is 7.96. The van der Waals surface area contributed by atoms with Crippen molar-refractivity contribution in [1.29, 1.82) is 0 Å². The van der Waals surface area contributed by atoms with Gasteiger partial charge in [-0.05, 0) is 59.2 Å². The average Bonchev–Trinajstić information content (AvgIpc) is 2.78. The maximum absolute atomic E-state index is 13.4. The molecule has 0 N–H and O–H groups in total. The number of alkyl halides is 6. The van der Waals surface area contributed by atoms with E-state index >= 15 is 0 Å². The number of rotatable bonds is 9. The number of halogens is 6. The Labute approximate surface area is 189 Å². The van der Waals surface area contributed by atoms with E-state index in [9.17, 15) is 26.3 Å². The summed E-state index contributed by atoms with van der Waals surface area (Å²) < 4.78 is 80.2. The van der Waals surface area contributed by atoms with Crippen molar-refractivity contribution < 1.29 is 31.1 Å². The van der Waals surface area contributed by atoms with Crippen molar-refractivity contribution in [2.45, 2.75) is 51.1 Å². The first kappa shape index (κ1) is 24.7.